The van der Waals surface area contributed by atoms with E-state index in [9.17, 15) is 9.59 Å². The Morgan fingerprint density at radius 2 is 2.00 bits per heavy atom. The minimum absolute atomic E-state index is 0.00826. The van der Waals surface area contributed by atoms with E-state index in [-0.39, 0.29) is 16.6 Å². The van der Waals surface area contributed by atoms with Crippen molar-refractivity contribution in [2.45, 2.75) is 18.8 Å². The van der Waals surface area contributed by atoms with Gasteiger partial charge in [-0.3, -0.25) is 10.1 Å². The molecule has 0 radical (unpaired) electrons. The fourth-order valence-corrected chi connectivity index (χ4v) is 3.05. The molecule has 0 bridgehead atoms. The number of hydrogen-bond acceptors (Lipinski definition) is 10. The first-order valence-corrected chi connectivity index (χ1v) is 9.47. The van der Waals surface area contributed by atoms with Crippen molar-refractivity contribution in [3.8, 4) is 5.88 Å². The number of amides is 2. The Morgan fingerprint density at radius 3 is 2.72 bits per heavy atom. The summed E-state index contributed by atoms with van der Waals surface area (Å²) >= 11 is 0.871. The highest BCUT2D eigenvalue weighted by Crippen LogP contribution is 2.41. The van der Waals surface area contributed by atoms with E-state index >= 15 is 0 Å². The van der Waals surface area contributed by atoms with E-state index in [0.29, 0.717) is 17.3 Å². The molecule has 2 amide bonds. The van der Waals surface area contributed by atoms with Crippen LogP contribution in [0.4, 0.5) is 21.2 Å². The van der Waals surface area contributed by atoms with E-state index in [1.54, 1.807) is 18.5 Å². The molecule has 1 aliphatic carbocycles. The van der Waals surface area contributed by atoms with Crippen LogP contribution >= 0.6 is 11.5 Å². The molecule has 29 heavy (non-hydrogen) atoms. The number of carbonyl (C=O) groups excluding carboxylic acids is 2. The SMILES string of the molecule is CNC(=O)c1nnsc1NC(=O)Oc1nc(C2CC2)ccc1Nc1cncnc1. The van der Waals surface area contributed by atoms with Crippen LogP contribution in [0.2, 0.25) is 0 Å². The van der Waals surface area contributed by atoms with Crippen molar-refractivity contribution in [1.82, 2.24) is 29.9 Å². The zero-order chi connectivity index (χ0) is 20.2. The van der Waals surface area contributed by atoms with Gasteiger partial charge in [-0.05, 0) is 25.0 Å². The second-order valence-corrected chi connectivity index (χ2v) is 6.91. The number of rotatable bonds is 6. The van der Waals surface area contributed by atoms with Crippen molar-refractivity contribution < 1.29 is 14.3 Å². The zero-order valence-corrected chi connectivity index (χ0v) is 16.1. The molecule has 3 N–H and O–H groups in total. The van der Waals surface area contributed by atoms with Gasteiger partial charge in [0.1, 0.15) is 12.0 Å². The average molecular weight is 412 g/mol. The maximum atomic E-state index is 12.4. The summed E-state index contributed by atoms with van der Waals surface area (Å²) in [7, 11) is 1.46. The summed E-state index contributed by atoms with van der Waals surface area (Å²) in [5, 5.41) is 11.9. The summed E-state index contributed by atoms with van der Waals surface area (Å²) in [6, 6.07) is 3.69. The third-order valence-corrected chi connectivity index (χ3v) is 4.69. The highest BCUT2D eigenvalue weighted by Gasteiger charge is 2.27. The van der Waals surface area contributed by atoms with Crippen LogP contribution in [0.15, 0.2) is 30.9 Å². The normalized spacial score (nSPS) is 12.9. The molecule has 3 aromatic rings. The molecule has 0 aromatic carbocycles. The Bertz CT molecular complexity index is 1040. The molecule has 1 aliphatic rings. The molecule has 4 rings (SSSR count). The van der Waals surface area contributed by atoms with Gasteiger partial charge in [0.2, 0.25) is 5.88 Å². The quantitative estimate of drug-likeness (QED) is 0.555. The largest absolute Gasteiger partial charge is 0.419 e. The molecule has 3 aromatic heterocycles. The van der Waals surface area contributed by atoms with E-state index in [2.05, 4.69) is 40.5 Å². The summed E-state index contributed by atoms with van der Waals surface area (Å²) in [6.07, 6.45) is 5.89. The van der Waals surface area contributed by atoms with Crippen LogP contribution < -0.4 is 20.7 Å². The summed E-state index contributed by atoms with van der Waals surface area (Å²) in [4.78, 5) is 36.6. The highest BCUT2D eigenvalue weighted by molar-refractivity contribution is 7.10. The van der Waals surface area contributed by atoms with Gasteiger partial charge in [0.15, 0.2) is 10.7 Å². The summed E-state index contributed by atoms with van der Waals surface area (Å²) < 4.78 is 9.12. The second-order valence-electron chi connectivity index (χ2n) is 6.16. The fourth-order valence-electron chi connectivity index (χ4n) is 2.50. The van der Waals surface area contributed by atoms with E-state index in [4.69, 9.17) is 4.74 Å². The Kier molecular flexibility index (Phi) is 5.24. The summed E-state index contributed by atoms with van der Waals surface area (Å²) in [5.41, 5.74) is 1.96. The molecule has 3 heterocycles. The van der Waals surface area contributed by atoms with Gasteiger partial charge in [0.25, 0.3) is 5.91 Å². The third-order valence-electron chi connectivity index (χ3n) is 4.05. The van der Waals surface area contributed by atoms with E-state index in [0.717, 1.165) is 30.1 Å². The Morgan fingerprint density at radius 1 is 1.21 bits per heavy atom. The lowest BCUT2D eigenvalue weighted by Gasteiger charge is -2.12. The topological polar surface area (TPSA) is 144 Å². The van der Waals surface area contributed by atoms with E-state index in [1.165, 1.54) is 13.4 Å². The van der Waals surface area contributed by atoms with Gasteiger partial charge < -0.3 is 15.4 Å². The second kappa shape index (κ2) is 8.14. The molecule has 0 spiro atoms. The maximum Gasteiger partial charge on any atom is 0.419 e. The summed E-state index contributed by atoms with van der Waals surface area (Å²) in [6.45, 7) is 0. The van der Waals surface area contributed by atoms with Crippen molar-refractivity contribution in [3.63, 3.8) is 0 Å². The number of aromatic nitrogens is 5. The van der Waals surface area contributed by atoms with Crippen molar-refractivity contribution >= 4 is 39.9 Å². The molecule has 11 nitrogen and oxygen atoms in total. The first-order valence-electron chi connectivity index (χ1n) is 8.70. The minimum atomic E-state index is -0.811. The van der Waals surface area contributed by atoms with Gasteiger partial charge in [0, 0.05) is 30.2 Å². The number of nitrogens with zero attached hydrogens (tertiary/aromatic N) is 5. The first-order chi connectivity index (χ1) is 14.1. The maximum absolute atomic E-state index is 12.4. The first kappa shape index (κ1) is 18.7. The highest BCUT2D eigenvalue weighted by atomic mass is 32.1. The molecule has 0 unspecified atom stereocenters. The van der Waals surface area contributed by atoms with Gasteiger partial charge >= 0.3 is 6.09 Å². The van der Waals surface area contributed by atoms with Gasteiger partial charge in [-0.1, -0.05) is 4.49 Å². The number of nitrogens with one attached hydrogen (secondary N) is 3. The van der Waals surface area contributed by atoms with Crippen molar-refractivity contribution in [1.29, 1.82) is 0 Å². The number of hydrogen-bond donors (Lipinski definition) is 3. The smallest absolute Gasteiger partial charge is 0.389 e. The van der Waals surface area contributed by atoms with Crippen LogP contribution in [-0.2, 0) is 0 Å². The molecular formula is C17H16N8O3S. The van der Waals surface area contributed by atoms with Crippen LogP contribution in [0, 0.1) is 0 Å². The number of carbonyl (C=O) groups is 2. The fraction of sp³-hybridized carbons (Fsp3) is 0.235. The molecule has 0 saturated heterocycles. The van der Waals surface area contributed by atoms with Crippen LogP contribution in [0.5, 0.6) is 5.88 Å². The van der Waals surface area contributed by atoms with Crippen LogP contribution in [0.1, 0.15) is 34.9 Å². The lowest BCUT2D eigenvalue weighted by molar-refractivity contribution is 0.0959. The Hall–Kier alpha value is -3.67. The predicted molar refractivity (Wildman–Crippen MR) is 104 cm³/mol. The van der Waals surface area contributed by atoms with Crippen molar-refractivity contribution in [3.05, 3.63) is 42.2 Å². The minimum Gasteiger partial charge on any atom is -0.389 e. The van der Waals surface area contributed by atoms with Gasteiger partial charge in [-0.15, -0.1) is 5.10 Å². The van der Waals surface area contributed by atoms with Gasteiger partial charge in [-0.2, -0.15) is 0 Å². The van der Waals surface area contributed by atoms with E-state index < -0.39 is 12.0 Å². The van der Waals surface area contributed by atoms with Gasteiger partial charge in [0.05, 0.1) is 18.1 Å². The molecule has 148 valence electrons. The molecule has 0 aliphatic heterocycles. The molecule has 0 atom stereocenters. The Balaban J connectivity index is 1.54. The average Bonchev–Trinajstić information content (AvgIpc) is 3.49. The summed E-state index contributed by atoms with van der Waals surface area (Å²) in [5.74, 6) is 0.0177. The van der Waals surface area contributed by atoms with E-state index in [1.807, 2.05) is 6.07 Å². The Labute approximate surface area is 169 Å². The van der Waals surface area contributed by atoms with Crippen LogP contribution in [-0.4, -0.2) is 43.6 Å². The molecular weight excluding hydrogens is 396 g/mol. The van der Waals surface area contributed by atoms with Crippen LogP contribution in [0.25, 0.3) is 0 Å². The van der Waals surface area contributed by atoms with Gasteiger partial charge in [-0.25, -0.2) is 19.7 Å². The van der Waals surface area contributed by atoms with Crippen molar-refractivity contribution in [2.24, 2.45) is 0 Å². The molecule has 12 heteroatoms. The number of anilines is 3. The molecule has 1 fully saturated rings. The molecule has 1 saturated carbocycles. The van der Waals surface area contributed by atoms with Crippen LogP contribution in [0.3, 0.4) is 0 Å². The number of ether oxygens (including phenoxy) is 1. The number of pyridine rings is 1. The monoisotopic (exact) mass is 412 g/mol. The lowest BCUT2D eigenvalue weighted by atomic mass is 10.2. The lowest BCUT2D eigenvalue weighted by Crippen LogP contribution is -2.23. The predicted octanol–water partition coefficient (Wildman–Crippen LogP) is 2.31. The zero-order valence-electron chi connectivity index (χ0n) is 15.2. The standard InChI is InChI=1S/C17H16N8O3S/c1-18-14(26)13-16(29-25-24-13)23-17(27)28-15-12(21-10-6-19-8-20-7-10)5-4-11(22-15)9-2-3-9/h4-9,21H,2-3H2,1H3,(H,18,26)(H,23,27). The third kappa shape index (κ3) is 4.43. The van der Waals surface area contributed by atoms with Crippen molar-refractivity contribution in [2.75, 3.05) is 17.7 Å².